The minimum atomic E-state index is -0.851. The number of benzene rings is 3. The van der Waals surface area contributed by atoms with Gasteiger partial charge < -0.3 is 20.1 Å². The molecule has 0 aliphatic carbocycles. The van der Waals surface area contributed by atoms with Gasteiger partial charge in [0.25, 0.3) is 0 Å². The highest BCUT2D eigenvalue weighted by Crippen LogP contribution is 2.19. The SMILES string of the molecule is COc1ccccc1CC(=O)[C@H](Cc1ccccc1)NC(=O)[C@H](CC(C)C)NC(=O)OCc1ccccc1. The number of para-hydroxylation sites is 1. The van der Waals surface area contributed by atoms with Gasteiger partial charge in [-0.1, -0.05) is 92.7 Å². The Morgan fingerprint density at radius 2 is 1.37 bits per heavy atom. The third kappa shape index (κ3) is 9.07. The zero-order valence-electron chi connectivity index (χ0n) is 22.2. The van der Waals surface area contributed by atoms with E-state index >= 15 is 0 Å². The molecule has 0 bridgehead atoms. The number of carbonyl (C=O) groups excluding carboxylic acids is 3. The molecule has 0 radical (unpaired) electrons. The maximum atomic E-state index is 13.5. The van der Waals surface area contributed by atoms with Gasteiger partial charge in [-0.25, -0.2) is 4.79 Å². The smallest absolute Gasteiger partial charge is 0.408 e. The van der Waals surface area contributed by atoms with Crippen molar-refractivity contribution in [2.75, 3.05) is 7.11 Å². The lowest BCUT2D eigenvalue weighted by atomic mass is 9.96. The highest BCUT2D eigenvalue weighted by molar-refractivity contribution is 5.93. The summed E-state index contributed by atoms with van der Waals surface area (Å²) >= 11 is 0. The third-order valence-corrected chi connectivity index (χ3v) is 6.07. The Bertz CT molecular complexity index is 1180. The maximum absolute atomic E-state index is 13.5. The largest absolute Gasteiger partial charge is 0.496 e. The van der Waals surface area contributed by atoms with Crippen molar-refractivity contribution in [3.8, 4) is 5.75 Å². The molecule has 0 aliphatic heterocycles. The van der Waals surface area contributed by atoms with Crippen LogP contribution in [0.2, 0.25) is 0 Å². The Hall–Kier alpha value is -4.13. The van der Waals surface area contributed by atoms with Gasteiger partial charge >= 0.3 is 6.09 Å². The molecule has 38 heavy (non-hydrogen) atoms. The van der Waals surface area contributed by atoms with E-state index in [1.54, 1.807) is 13.2 Å². The van der Waals surface area contributed by atoms with Gasteiger partial charge in [0, 0.05) is 12.0 Å². The van der Waals surface area contributed by atoms with Crippen molar-refractivity contribution in [2.45, 2.75) is 51.8 Å². The lowest BCUT2D eigenvalue weighted by Crippen LogP contribution is -2.53. The van der Waals surface area contributed by atoms with Crippen LogP contribution in [0.25, 0.3) is 0 Å². The highest BCUT2D eigenvalue weighted by Gasteiger charge is 2.28. The summed E-state index contributed by atoms with van der Waals surface area (Å²) < 4.78 is 10.7. The number of ether oxygens (including phenoxy) is 2. The van der Waals surface area contributed by atoms with Crippen molar-refractivity contribution in [2.24, 2.45) is 5.92 Å². The van der Waals surface area contributed by atoms with Crippen LogP contribution in [-0.4, -0.2) is 37.0 Å². The molecule has 7 nitrogen and oxygen atoms in total. The van der Waals surface area contributed by atoms with Crippen molar-refractivity contribution >= 4 is 17.8 Å². The van der Waals surface area contributed by atoms with E-state index in [4.69, 9.17) is 9.47 Å². The molecule has 0 unspecified atom stereocenters. The van der Waals surface area contributed by atoms with E-state index in [0.717, 1.165) is 16.7 Å². The first-order chi connectivity index (χ1) is 18.4. The van der Waals surface area contributed by atoms with Crippen LogP contribution >= 0.6 is 0 Å². The number of hydrogen-bond donors (Lipinski definition) is 2. The second-order valence-corrected chi connectivity index (χ2v) is 9.59. The van der Waals surface area contributed by atoms with E-state index in [2.05, 4.69) is 10.6 Å². The lowest BCUT2D eigenvalue weighted by Gasteiger charge is -2.24. The number of rotatable bonds is 13. The molecule has 7 heteroatoms. The zero-order chi connectivity index (χ0) is 27.3. The van der Waals surface area contributed by atoms with Gasteiger partial charge in [0.2, 0.25) is 5.91 Å². The molecule has 0 spiro atoms. The van der Waals surface area contributed by atoms with Gasteiger partial charge in [-0.2, -0.15) is 0 Å². The van der Waals surface area contributed by atoms with E-state index in [1.165, 1.54) is 0 Å². The van der Waals surface area contributed by atoms with Crippen molar-refractivity contribution in [1.29, 1.82) is 0 Å². The standard InChI is InChI=1S/C31H36N2O5/c1-22(2)18-27(33-31(36)38-21-24-14-8-5-9-15-24)30(35)32-26(19-23-12-6-4-7-13-23)28(34)20-25-16-10-11-17-29(25)37-3/h4-17,22,26-27H,18-21H2,1-3H3,(H,32,35)(H,33,36)/t26-,27-/m0/s1. The summed E-state index contributed by atoms with van der Waals surface area (Å²) in [6, 6.07) is 24.5. The summed E-state index contributed by atoms with van der Waals surface area (Å²) in [5.74, 6) is 0.162. The molecule has 3 aromatic rings. The third-order valence-electron chi connectivity index (χ3n) is 6.07. The normalized spacial score (nSPS) is 12.3. The predicted molar refractivity (Wildman–Crippen MR) is 147 cm³/mol. The quantitative estimate of drug-likeness (QED) is 0.338. The Morgan fingerprint density at radius 1 is 0.763 bits per heavy atom. The lowest BCUT2D eigenvalue weighted by molar-refractivity contribution is -0.129. The topological polar surface area (TPSA) is 93.7 Å². The average Bonchev–Trinajstić information content (AvgIpc) is 2.92. The van der Waals surface area contributed by atoms with E-state index in [0.29, 0.717) is 18.6 Å². The summed E-state index contributed by atoms with van der Waals surface area (Å²) in [7, 11) is 1.56. The minimum absolute atomic E-state index is 0.0940. The van der Waals surface area contributed by atoms with E-state index in [1.807, 2.05) is 92.7 Å². The van der Waals surface area contributed by atoms with Crippen LogP contribution in [0, 0.1) is 5.92 Å². The molecule has 2 atom stereocenters. The summed E-state index contributed by atoms with van der Waals surface area (Å²) in [5, 5.41) is 5.60. The van der Waals surface area contributed by atoms with E-state index < -0.39 is 24.1 Å². The van der Waals surface area contributed by atoms with Crippen LogP contribution in [-0.2, 0) is 33.8 Å². The molecule has 3 rings (SSSR count). The van der Waals surface area contributed by atoms with Crippen molar-refractivity contribution in [3.63, 3.8) is 0 Å². The number of nitrogens with one attached hydrogen (secondary N) is 2. The Balaban J connectivity index is 1.73. The first kappa shape index (κ1) is 28.4. The van der Waals surface area contributed by atoms with Gasteiger partial charge in [-0.3, -0.25) is 9.59 Å². The summed E-state index contributed by atoms with van der Waals surface area (Å²) in [6.45, 7) is 4.02. The first-order valence-corrected chi connectivity index (χ1v) is 12.8. The van der Waals surface area contributed by atoms with Crippen molar-refractivity contribution in [1.82, 2.24) is 10.6 Å². The van der Waals surface area contributed by atoms with E-state index in [-0.39, 0.29) is 24.7 Å². The molecule has 0 saturated heterocycles. The molecule has 2 amide bonds. The fourth-order valence-corrected chi connectivity index (χ4v) is 4.14. The number of amides is 2. The monoisotopic (exact) mass is 516 g/mol. The molecular weight excluding hydrogens is 480 g/mol. The predicted octanol–water partition coefficient (Wildman–Crippen LogP) is 4.88. The number of hydrogen-bond acceptors (Lipinski definition) is 5. The summed E-state index contributed by atoms with van der Waals surface area (Å²) in [6.07, 6.45) is 0.136. The van der Waals surface area contributed by atoms with Crippen molar-refractivity contribution < 1.29 is 23.9 Å². The fraction of sp³-hybridized carbons (Fsp3) is 0.323. The van der Waals surface area contributed by atoms with Crippen LogP contribution in [0.5, 0.6) is 5.75 Å². The van der Waals surface area contributed by atoms with E-state index in [9.17, 15) is 14.4 Å². The molecule has 0 heterocycles. The number of carbonyl (C=O) groups is 3. The molecule has 2 N–H and O–H groups in total. The second kappa shape index (κ2) is 14.6. The average molecular weight is 517 g/mol. The van der Waals surface area contributed by atoms with Gasteiger partial charge in [-0.15, -0.1) is 0 Å². The summed E-state index contributed by atoms with van der Waals surface area (Å²) in [4.78, 5) is 39.4. The zero-order valence-corrected chi connectivity index (χ0v) is 22.2. The van der Waals surface area contributed by atoms with Gasteiger partial charge in [-0.05, 0) is 36.0 Å². The Labute approximate surface area is 224 Å². The van der Waals surface area contributed by atoms with Crippen molar-refractivity contribution in [3.05, 3.63) is 102 Å². The number of ketones is 1. The molecule has 0 aromatic heterocycles. The Kier molecular flexibility index (Phi) is 10.9. The molecule has 3 aromatic carbocycles. The first-order valence-electron chi connectivity index (χ1n) is 12.8. The van der Waals surface area contributed by atoms with Crippen LogP contribution in [0.1, 0.15) is 37.0 Å². The fourth-order valence-electron chi connectivity index (χ4n) is 4.14. The summed E-state index contributed by atoms with van der Waals surface area (Å²) in [5.41, 5.74) is 2.51. The van der Waals surface area contributed by atoms with Crippen LogP contribution in [0.3, 0.4) is 0 Å². The van der Waals surface area contributed by atoms with Gasteiger partial charge in [0.1, 0.15) is 18.4 Å². The molecular formula is C31H36N2O5. The second-order valence-electron chi connectivity index (χ2n) is 9.59. The van der Waals surface area contributed by atoms with Gasteiger partial charge in [0.15, 0.2) is 5.78 Å². The highest BCUT2D eigenvalue weighted by atomic mass is 16.5. The maximum Gasteiger partial charge on any atom is 0.408 e. The van der Waals surface area contributed by atoms with Crippen LogP contribution in [0.4, 0.5) is 4.79 Å². The molecule has 0 aliphatic rings. The molecule has 0 saturated carbocycles. The number of alkyl carbamates (subject to hydrolysis) is 1. The Morgan fingerprint density at radius 3 is 2.00 bits per heavy atom. The molecule has 200 valence electrons. The van der Waals surface area contributed by atoms with Gasteiger partial charge in [0.05, 0.1) is 13.2 Å². The van der Waals surface area contributed by atoms with Crippen LogP contribution < -0.4 is 15.4 Å². The molecule has 0 fully saturated rings. The minimum Gasteiger partial charge on any atom is -0.496 e. The number of methoxy groups -OCH3 is 1. The van der Waals surface area contributed by atoms with Crippen LogP contribution in [0.15, 0.2) is 84.9 Å². The number of Topliss-reactive ketones (excluding diaryl/α,β-unsaturated/α-hetero) is 1.